The molecular formula is C15H22O4. The largest absolute Gasteiger partial charge is 0.428 e. The molecule has 0 bridgehead atoms. The topological polar surface area (TPSA) is 66.8 Å². The Morgan fingerprint density at radius 1 is 1.21 bits per heavy atom. The molecule has 0 saturated heterocycles. The van der Waals surface area contributed by atoms with Crippen LogP contribution in [0.15, 0.2) is 11.1 Å². The summed E-state index contributed by atoms with van der Waals surface area (Å²) in [4.78, 5) is 11.8. The van der Waals surface area contributed by atoms with Gasteiger partial charge in [0.25, 0.3) is 0 Å². The lowest BCUT2D eigenvalue weighted by molar-refractivity contribution is -0.153. The van der Waals surface area contributed by atoms with Crippen molar-refractivity contribution < 1.29 is 19.7 Å². The summed E-state index contributed by atoms with van der Waals surface area (Å²) in [5.74, 6) is -0.273. The Kier molecular flexibility index (Phi) is 2.64. The van der Waals surface area contributed by atoms with Crippen LogP contribution in [0.4, 0.5) is 0 Å². The smallest absolute Gasteiger partial charge is 0.339 e. The summed E-state index contributed by atoms with van der Waals surface area (Å²) in [6.07, 6.45) is 1.76. The van der Waals surface area contributed by atoms with Crippen LogP contribution in [0.1, 0.15) is 46.5 Å². The average Bonchev–Trinajstić information content (AvgIpc) is 2.59. The number of hydrogen-bond donors (Lipinski definition) is 2. The molecule has 1 heterocycles. The molecule has 1 aliphatic heterocycles. The number of carbonyl (C=O) groups excluding carboxylic acids is 1. The highest BCUT2D eigenvalue weighted by atomic mass is 16.6. The van der Waals surface area contributed by atoms with E-state index in [9.17, 15) is 15.0 Å². The molecule has 4 nitrogen and oxygen atoms in total. The fourth-order valence-corrected chi connectivity index (χ4v) is 4.74. The third-order valence-electron chi connectivity index (χ3n) is 5.61. The number of ether oxygens (including phenoxy) is 1. The van der Waals surface area contributed by atoms with Crippen molar-refractivity contribution in [2.45, 2.75) is 58.8 Å². The van der Waals surface area contributed by atoms with Gasteiger partial charge in [0, 0.05) is 5.57 Å². The lowest BCUT2D eigenvalue weighted by Crippen LogP contribution is -2.49. The van der Waals surface area contributed by atoms with E-state index in [0.29, 0.717) is 17.6 Å². The molecule has 1 saturated carbocycles. The van der Waals surface area contributed by atoms with E-state index in [1.54, 1.807) is 0 Å². The summed E-state index contributed by atoms with van der Waals surface area (Å²) in [7, 11) is 0. The number of fused-ring (bicyclic) bond motifs is 2. The van der Waals surface area contributed by atoms with Crippen LogP contribution in [0.3, 0.4) is 0 Å². The summed E-state index contributed by atoms with van der Waals surface area (Å²) >= 11 is 0. The molecule has 2 aliphatic carbocycles. The number of aliphatic hydroxyl groups excluding tert-OH is 2. The Hall–Kier alpha value is -0.870. The van der Waals surface area contributed by atoms with Gasteiger partial charge in [0.2, 0.25) is 6.29 Å². The summed E-state index contributed by atoms with van der Waals surface area (Å²) in [6, 6.07) is 0. The van der Waals surface area contributed by atoms with Crippen molar-refractivity contribution in [2.24, 2.45) is 16.7 Å². The third-order valence-corrected chi connectivity index (χ3v) is 5.61. The van der Waals surface area contributed by atoms with E-state index >= 15 is 0 Å². The van der Waals surface area contributed by atoms with Crippen LogP contribution in [0.2, 0.25) is 0 Å². The molecule has 0 aromatic heterocycles. The molecule has 1 unspecified atom stereocenters. The quantitative estimate of drug-likeness (QED) is 0.656. The Morgan fingerprint density at radius 2 is 1.89 bits per heavy atom. The lowest BCUT2D eigenvalue weighted by Gasteiger charge is -2.54. The zero-order chi connectivity index (χ0) is 14.0. The maximum atomic E-state index is 11.8. The van der Waals surface area contributed by atoms with Gasteiger partial charge < -0.3 is 14.9 Å². The number of aliphatic hydroxyl groups is 2. The van der Waals surface area contributed by atoms with Gasteiger partial charge in [-0.1, -0.05) is 27.2 Å². The second kappa shape index (κ2) is 3.83. The highest BCUT2D eigenvalue weighted by Crippen LogP contribution is 2.61. The van der Waals surface area contributed by atoms with E-state index in [1.165, 1.54) is 0 Å². The maximum absolute atomic E-state index is 11.8. The minimum Gasteiger partial charge on any atom is -0.428 e. The summed E-state index contributed by atoms with van der Waals surface area (Å²) in [5, 5.41) is 20.4. The summed E-state index contributed by atoms with van der Waals surface area (Å²) in [6.45, 7) is 6.56. The first-order valence-electron chi connectivity index (χ1n) is 7.09. The molecule has 0 aromatic rings. The highest BCUT2D eigenvalue weighted by molar-refractivity contribution is 5.93. The Bertz CT molecular complexity index is 465. The van der Waals surface area contributed by atoms with Gasteiger partial charge in [-0.25, -0.2) is 4.79 Å². The second-order valence-electron chi connectivity index (χ2n) is 7.15. The number of esters is 1. The average molecular weight is 266 g/mol. The molecule has 4 heteroatoms. The molecule has 2 N–H and O–H groups in total. The SMILES string of the molecule is CC1(C)CCCC2(C)C3=C(C(=O)O[C@H]3O)[C@@H](O)C[C@@H]12. The Morgan fingerprint density at radius 3 is 2.58 bits per heavy atom. The zero-order valence-electron chi connectivity index (χ0n) is 11.8. The molecule has 106 valence electrons. The van der Waals surface area contributed by atoms with Crippen molar-refractivity contribution in [1.82, 2.24) is 0 Å². The van der Waals surface area contributed by atoms with Gasteiger partial charge in [0.15, 0.2) is 0 Å². The van der Waals surface area contributed by atoms with Crippen molar-refractivity contribution in [3.8, 4) is 0 Å². The fraction of sp³-hybridized carbons (Fsp3) is 0.800. The van der Waals surface area contributed by atoms with Gasteiger partial charge in [0.05, 0.1) is 11.7 Å². The predicted octanol–water partition coefficient (Wildman–Crippen LogP) is 1.76. The van der Waals surface area contributed by atoms with Gasteiger partial charge in [0.1, 0.15) is 0 Å². The molecule has 4 atom stereocenters. The number of carbonyl (C=O) groups is 1. The van der Waals surface area contributed by atoms with Gasteiger partial charge in [-0.15, -0.1) is 0 Å². The van der Waals surface area contributed by atoms with E-state index in [2.05, 4.69) is 20.8 Å². The standard InChI is InChI=1S/C15H22O4/c1-14(2)5-4-6-15(3)9(14)7-8(16)10-11(15)13(18)19-12(10)17/h8-9,13,16,18H,4-7H2,1-3H3/t8-,9-,13+,15?/m0/s1. The first-order chi connectivity index (χ1) is 8.77. The van der Waals surface area contributed by atoms with Crippen LogP contribution in [-0.4, -0.2) is 28.6 Å². The summed E-state index contributed by atoms with van der Waals surface area (Å²) < 4.78 is 4.94. The molecule has 19 heavy (non-hydrogen) atoms. The predicted molar refractivity (Wildman–Crippen MR) is 69.0 cm³/mol. The monoisotopic (exact) mass is 266 g/mol. The van der Waals surface area contributed by atoms with Gasteiger partial charge in [-0.05, 0) is 36.0 Å². The van der Waals surface area contributed by atoms with Crippen LogP contribution < -0.4 is 0 Å². The minimum atomic E-state index is -1.17. The van der Waals surface area contributed by atoms with Gasteiger partial charge >= 0.3 is 5.97 Å². The first-order valence-corrected chi connectivity index (χ1v) is 7.09. The number of cyclic esters (lactones) is 1. The van der Waals surface area contributed by atoms with Crippen LogP contribution in [0, 0.1) is 16.7 Å². The van der Waals surface area contributed by atoms with Crippen molar-refractivity contribution in [1.29, 1.82) is 0 Å². The van der Waals surface area contributed by atoms with E-state index < -0.39 is 18.4 Å². The molecule has 0 aromatic carbocycles. The summed E-state index contributed by atoms with van der Waals surface area (Å²) in [5.41, 5.74) is 0.845. The van der Waals surface area contributed by atoms with Crippen LogP contribution in [-0.2, 0) is 9.53 Å². The fourth-order valence-electron chi connectivity index (χ4n) is 4.74. The molecule has 3 aliphatic rings. The van der Waals surface area contributed by atoms with Gasteiger partial charge in [-0.3, -0.25) is 0 Å². The molecule has 1 fully saturated rings. The third kappa shape index (κ3) is 1.62. The molecule has 3 rings (SSSR count). The van der Waals surface area contributed by atoms with Crippen LogP contribution in [0.5, 0.6) is 0 Å². The number of hydrogen-bond acceptors (Lipinski definition) is 4. The van der Waals surface area contributed by atoms with Crippen molar-refractivity contribution in [2.75, 3.05) is 0 Å². The molecule has 0 amide bonds. The van der Waals surface area contributed by atoms with E-state index in [4.69, 9.17) is 4.74 Å². The Balaban J connectivity index is 2.15. The highest BCUT2D eigenvalue weighted by Gasteiger charge is 2.58. The van der Waals surface area contributed by atoms with Gasteiger partial charge in [-0.2, -0.15) is 0 Å². The van der Waals surface area contributed by atoms with E-state index in [1.807, 2.05) is 0 Å². The van der Waals surface area contributed by atoms with E-state index in [-0.39, 0.29) is 16.7 Å². The lowest BCUT2D eigenvalue weighted by atomic mass is 9.50. The maximum Gasteiger partial charge on any atom is 0.339 e. The normalized spacial score (nSPS) is 44.7. The first kappa shape index (κ1) is 13.1. The zero-order valence-corrected chi connectivity index (χ0v) is 11.8. The van der Waals surface area contributed by atoms with E-state index in [0.717, 1.165) is 19.3 Å². The molecule has 0 radical (unpaired) electrons. The van der Waals surface area contributed by atoms with Crippen LogP contribution in [0.25, 0.3) is 0 Å². The molecular weight excluding hydrogens is 244 g/mol. The second-order valence-corrected chi connectivity index (χ2v) is 7.15. The Labute approximate surface area is 113 Å². The van der Waals surface area contributed by atoms with Crippen molar-refractivity contribution in [3.05, 3.63) is 11.1 Å². The molecule has 0 spiro atoms. The minimum absolute atomic E-state index is 0.109. The van der Waals surface area contributed by atoms with Crippen molar-refractivity contribution in [3.63, 3.8) is 0 Å². The van der Waals surface area contributed by atoms with Crippen molar-refractivity contribution >= 4 is 5.97 Å². The number of rotatable bonds is 0. The van der Waals surface area contributed by atoms with Crippen LogP contribution >= 0.6 is 0 Å².